The molecule has 17 heavy (non-hydrogen) atoms. The highest BCUT2D eigenvalue weighted by Crippen LogP contribution is 2.28. The molecule has 0 atom stereocenters. The average molecular weight is 307 g/mol. The van der Waals surface area contributed by atoms with Crippen LogP contribution < -0.4 is 0 Å². The van der Waals surface area contributed by atoms with E-state index in [9.17, 15) is 0 Å². The Hall–Kier alpha value is 0.828. The number of hydrogen-bond acceptors (Lipinski definition) is 1. The Morgan fingerprint density at radius 2 is 0.765 bits per heavy atom. The molecule has 0 saturated heterocycles. The van der Waals surface area contributed by atoms with Crippen LogP contribution >= 0.6 is 0 Å². The van der Waals surface area contributed by atoms with E-state index in [0.29, 0.717) is 0 Å². The Labute approximate surface area is 114 Å². The van der Waals surface area contributed by atoms with Crippen molar-refractivity contribution in [1.29, 1.82) is 0 Å². The molecule has 0 amide bonds. The second-order valence-corrected chi connectivity index (χ2v) is 30.0. The van der Waals surface area contributed by atoms with Gasteiger partial charge in [-0.25, -0.2) is 0 Å². The Morgan fingerprint density at radius 1 is 0.529 bits per heavy atom. The maximum atomic E-state index is 6.72. The Bertz CT molecular complexity index is 222. The Morgan fingerprint density at radius 3 is 0.941 bits per heavy atom. The molecule has 0 rings (SSSR count). The van der Waals surface area contributed by atoms with Crippen molar-refractivity contribution in [3.8, 4) is 0 Å². The predicted octanol–water partition coefficient (Wildman–Crippen LogP) is 5.17. The van der Waals surface area contributed by atoms with Crippen LogP contribution in [0.25, 0.3) is 0 Å². The van der Waals surface area contributed by atoms with Crippen molar-refractivity contribution in [2.45, 2.75) is 76.8 Å². The highest BCUT2D eigenvalue weighted by molar-refractivity contribution is 6.99. The molecule has 1 nitrogen and oxygen atoms in total. The van der Waals surface area contributed by atoms with E-state index in [1.807, 2.05) is 0 Å². The minimum absolute atomic E-state index is 0.981. The molecule has 0 aromatic rings. The van der Waals surface area contributed by atoms with Gasteiger partial charge in [0.1, 0.15) is 0 Å². The minimum atomic E-state index is -1.43. The van der Waals surface area contributed by atoms with E-state index in [0.717, 1.165) is 0 Å². The second-order valence-electron chi connectivity index (χ2n) is 9.10. The van der Waals surface area contributed by atoms with Gasteiger partial charge in [-0.15, -0.1) is 0 Å². The van der Waals surface area contributed by atoms with Crippen LogP contribution in [0, 0.1) is 0 Å². The highest BCUT2D eigenvalue weighted by Gasteiger charge is 2.38. The molecule has 0 heterocycles. The molecule has 0 bridgehead atoms. The molecule has 0 aliphatic rings. The summed E-state index contributed by atoms with van der Waals surface area (Å²) in [4.78, 5) is 0. The topological polar surface area (TPSA) is 9.23 Å². The third-order valence-corrected chi connectivity index (χ3v) is 22.2. The zero-order valence-electron chi connectivity index (χ0n) is 13.8. The van der Waals surface area contributed by atoms with Crippen LogP contribution in [0.3, 0.4) is 0 Å². The van der Waals surface area contributed by atoms with Crippen molar-refractivity contribution >= 4 is 32.8 Å². The van der Waals surface area contributed by atoms with Gasteiger partial charge >= 0.3 is 0 Å². The van der Waals surface area contributed by atoms with Crippen molar-refractivity contribution in [3.05, 3.63) is 0 Å². The first-order valence-corrected chi connectivity index (χ1v) is 20.5. The molecule has 0 fully saturated rings. The van der Waals surface area contributed by atoms with E-state index >= 15 is 0 Å². The average Bonchev–Trinajstić information content (AvgIpc) is 1.65. The molecular formula is C12H34OSi4. The van der Waals surface area contributed by atoms with Crippen LogP contribution in [0.1, 0.15) is 0 Å². The molecule has 5 heteroatoms. The largest absolute Gasteiger partial charge is 0.456 e. The molecule has 0 radical (unpaired) electrons. The van der Waals surface area contributed by atoms with Crippen molar-refractivity contribution in [2.24, 2.45) is 0 Å². The van der Waals surface area contributed by atoms with Gasteiger partial charge in [0, 0.05) is 16.1 Å². The standard InChI is InChI=1S/C12H34OSi4/c1-14(2,3)11-16(7,8)13-17(9,10)12-15(4,5)6/h11-12H2,1-10H3. The molecule has 0 aliphatic carbocycles. The van der Waals surface area contributed by atoms with Gasteiger partial charge in [-0.1, -0.05) is 39.3 Å². The summed E-state index contributed by atoms with van der Waals surface area (Å²) >= 11 is 0. The first-order valence-electron chi connectivity index (χ1n) is 6.82. The van der Waals surface area contributed by atoms with Crippen LogP contribution in [0.15, 0.2) is 0 Å². The van der Waals surface area contributed by atoms with Gasteiger partial charge in [0.25, 0.3) is 0 Å². The Balaban J connectivity index is 4.59. The lowest BCUT2D eigenvalue weighted by Crippen LogP contribution is -2.51. The summed E-state index contributed by atoms with van der Waals surface area (Å²) in [5, 5.41) is 0. The van der Waals surface area contributed by atoms with Gasteiger partial charge in [0.05, 0.1) is 0 Å². The van der Waals surface area contributed by atoms with E-state index in [1.165, 1.54) is 11.3 Å². The fourth-order valence-corrected chi connectivity index (χ4v) is 31.7. The molecule has 0 aliphatic heterocycles. The van der Waals surface area contributed by atoms with Crippen molar-refractivity contribution < 1.29 is 4.12 Å². The highest BCUT2D eigenvalue weighted by atomic mass is 28.5. The smallest absolute Gasteiger partial charge is 0.170 e. The summed E-state index contributed by atoms with van der Waals surface area (Å²) in [6, 6.07) is 0. The molecule has 0 N–H and O–H groups in total. The summed E-state index contributed by atoms with van der Waals surface area (Å²) in [5.74, 6) is 0. The summed E-state index contributed by atoms with van der Waals surface area (Å²) in [5.41, 5.74) is 2.81. The van der Waals surface area contributed by atoms with Gasteiger partial charge in [0.15, 0.2) is 16.6 Å². The van der Waals surface area contributed by atoms with Crippen molar-refractivity contribution in [3.63, 3.8) is 0 Å². The van der Waals surface area contributed by atoms with E-state index < -0.39 is 32.8 Å². The second kappa shape index (κ2) is 5.44. The van der Waals surface area contributed by atoms with Crippen molar-refractivity contribution in [1.82, 2.24) is 0 Å². The van der Waals surface area contributed by atoms with E-state index in [-0.39, 0.29) is 0 Å². The molecule has 104 valence electrons. The lowest BCUT2D eigenvalue weighted by atomic mass is 11.7. The van der Waals surface area contributed by atoms with Gasteiger partial charge in [0.2, 0.25) is 0 Å². The quantitative estimate of drug-likeness (QED) is 0.615. The number of hydrogen-bond donors (Lipinski definition) is 0. The van der Waals surface area contributed by atoms with Crippen LogP contribution in [0.4, 0.5) is 0 Å². The van der Waals surface area contributed by atoms with E-state index in [2.05, 4.69) is 65.5 Å². The molecule has 0 aromatic heterocycles. The first-order chi connectivity index (χ1) is 7.12. The van der Waals surface area contributed by atoms with Crippen molar-refractivity contribution in [2.75, 3.05) is 0 Å². The lowest BCUT2D eigenvalue weighted by Gasteiger charge is -2.39. The SMILES string of the molecule is C[Si](C)(C)C[Si](C)(C)O[Si](C)(C)C[Si](C)(C)C. The lowest BCUT2D eigenvalue weighted by molar-refractivity contribution is 0.552. The maximum absolute atomic E-state index is 6.72. The first kappa shape index (κ1) is 17.8. The van der Waals surface area contributed by atoms with Gasteiger partial charge < -0.3 is 4.12 Å². The zero-order chi connectivity index (χ0) is 14.1. The predicted molar refractivity (Wildman–Crippen MR) is 92.4 cm³/mol. The van der Waals surface area contributed by atoms with E-state index in [1.54, 1.807) is 0 Å². The number of rotatable bonds is 6. The summed E-state index contributed by atoms with van der Waals surface area (Å²) < 4.78 is 6.72. The monoisotopic (exact) mass is 306 g/mol. The molecule has 0 unspecified atom stereocenters. The van der Waals surface area contributed by atoms with Crippen LogP contribution in [-0.2, 0) is 4.12 Å². The third kappa shape index (κ3) is 10.4. The minimum Gasteiger partial charge on any atom is -0.456 e. The molecule has 0 aromatic carbocycles. The Kier molecular flexibility index (Phi) is 5.71. The normalized spacial score (nSPS) is 15.2. The van der Waals surface area contributed by atoms with Crippen LogP contribution in [-0.4, -0.2) is 32.8 Å². The fourth-order valence-electron chi connectivity index (χ4n) is 3.37. The maximum Gasteiger partial charge on any atom is 0.170 e. The summed E-state index contributed by atoms with van der Waals surface area (Å²) in [7, 11) is -4.82. The summed E-state index contributed by atoms with van der Waals surface area (Å²) in [6.45, 7) is 24.6. The summed E-state index contributed by atoms with van der Waals surface area (Å²) in [6.07, 6.45) is 0. The van der Waals surface area contributed by atoms with Gasteiger partial charge in [-0.05, 0) is 37.5 Å². The molecular weight excluding hydrogens is 272 g/mol. The molecule has 0 spiro atoms. The third-order valence-electron chi connectivity index (χ3n) is 2.46. The van der Waals surface area contributed by atoms with Gasteiger partial charge in [-0.3, -0.25) is 0 Å². The van der Waals surface area contributed by atoms with Crippen LogP contribution in [0.2, 0.25) is 76.8 Å². The molecule has 0 saturated carbocycles. The zero-order valence-corrected chi connectivity index (χ0v) is 17.8. The fraction of sp³-hybridized carbons (Fsp3) is 1.00. The van der Waals surface area contributed by atoms with Gasteiger partial charge in [-0.2, -0.15) is 0 Å². The van der Waals surface area contributed by atoms with Crippen LogP contribution in [0.5, 0.6) is 0 Å². The van der Waals surface area contributed by atoms with E-state index in [4.69, 9.17) is 4.12 Å².